The maximum atomic E-state index is 12.7. The van der Waals surface area contributed by atoms with Gasteiger partial charge in [0.25, 0.3) is 0 Å². The molecule has 0 aliphatic rings. The summed E-state index contributed by atoms with van der Waals surface area (Å²) in [7, 11) is 0. The van der Waals surface area contributed by atoms with Gasteiger partial charge in [0.2, 0.25) is 0 Å². The highest BCUT2D eigenvalue weighted by atomic mass is 16.6. The highest BCUT2D eigenvalue weighted by molar-refractivity contribution is 5.71. The lowest BCUT2D eigenvalue weighted by atomic mass is 10.2. The molecule has 0 saturated carbocycles. The molecule has 0 aliphatic carbocycles. The van der Waals surface area contributed by atoms with Gasteiger partial charge in [0, 0.05) is 19.3 Å². The summed E-state index contributed by atoms with van der Waals surface area (Å²) in [5.41, 5.74) is 0. The largest absolute Gasteiger partial charge is 0.462 e. The Kier molecular flexibility index (Phi) is 42.0. The number of carbonyl (C=O) groups is 3. The molecular formula is C54H74O6. The lowest BCUT2D eigenvalue weighted by molar-refractivity contribution is -0.166. The second kappa shape index (κ2) is 46.2. The molecule has 60 heavy (non-hydrogen) atoms. The zero-order valence-electron chi connectivity index (χ0n) is 36.9. The van der Waals surface area contributed by atoms with E-state index in [1.54, 1.807) is 0 Å². The van der Waals surface area contributed by atoms with E-state index in [9.17, 15) is 14.4 Å². The molecule has 0 amide bonds. The molecule has 0 saturated heterocycles. The average Bonchev–Trinajstić information content (AvgIpc) is 3.24. The molecule has 0 aromatic carbocycles. The minimum atomic E-state index is -0.883. The van der Waals surface area contributed by atoms with Crippen molar-refractivity contribution < 1.29 is 28.6 Å². The Labute approximate surface area is 364 Å². The Morgan fingerprint density at radius 2 is 0.683 bits per heavy atom. The van der Waals surface area contributed by atoms with Crippen molar-refractivity contribution in [3.63, 3.8) is 0 Å². The van der Waals surface area contributed by atoms with E-state index in [-0.39, 0.29) is 32.5 Å². The molecule has 1 atom stereocenters. The van der Waals surface area contributed by atoms with E-state index in [2.05, 4.69) is 81.5 Å². The smallest absolute Gasteiger partial charge is 0.306 e. The summed E-state index contributed by atoms with van der Waals surface area (Å²) in [4.78, 5) is 37.7. The molecule has 0 aromatic rings. The zero-order valence-corrected chi connectivity index (χ0v) is 36.9. The minimum absolute atomic E-state index is 0.178. The molecule has 0 spiro atoms. The van der Waals surface area contributed by atoms with Crippen molar-refractivity contribution in [1.29, 1.82) is 0 Å². The van der Waals surface area contributed by atoms with Gasteiger partial charge in [-0.1, -0.05) is 203 Å². The molecule has 6 nitrogen and oxygen atoms in total. The second-order valence-corrected chi connectivity index (χ2v) is 13.3. The van der Waals surface area contributed by atoms with Crippen molar-refractivity contribution in [2.45, 2.75) is 123 Å². The normalized spacial score (nSPS) is 13.8. The molecule has 6 heteroatoms. The van der Waals surface area contributed by atoms with Gasteiger partial charge in [-0.15, -0.1) is 0 Å². The monoisotopic (exact) mass is 819 g/mol. The predicted molar refractivity (Wildman–Crippen MR) is 255 cm³/mol. The third-order valence-electron chi connectivity index (χ3n) is 7.91. The van der Waals surface area contributed by atoms with Gasteiger partial charge in [-0.25, -0.2) is 0 Å². The summed E-state index contributed by atoms with van der Waals surface area (Å²) in [6.45, 7) is 5.97. The van der Waals surface area contributed by atoms with E-state index in [1.165, 1.54) is 0 Å². The standard InChI is InChI=1S/C54H74O6/c1-4-7-10-13-16-19-22-25-26-27-30-32-35-38-41-44-47-53(56)59-50-51(60-54(57)48-45-42-39-36-33-29-24-21-18-15-12-9-6-3)49-58-52(55)46-43-40-37-34-31-28-23-20-17-14-11-8-5-2/h7-12,14-21,23-26,28-34,36-39,41,51H,4-6,13,22,27,35,40,42-50H2,1-3H3/b10-7-,11-8-,12-9-,17-14-,18-15-,19-16-,23-20-,24-21-,26-25-,31-28-,32-30-,33-29-,37-34-,39-36-,41-38-. The molecule has 0 fully saturated rings. The van der Waals surface area contributed by atoms with Crippen LogP contribution in [0.5, 0.6) is 0 Å². The number of carbonyl (C=O) groups excluding carboxylic acids is 3. The summed E-state index contributed by atoms with van der Waals surface area (Å²) >= 11 is 0. The van der Waals surface area contributed by atoms with Crippen LogP contribution in [-0.2, 0) is 28.6 Å². The number of allylic oxidation sites excluding steroid dienone is 30. The van der Waals surface area contributed by atoms with Crippen LogP contribution in [0.1, 0.15) is 117 Å². The van der Waals surface area contributed by atoms with E-state index in [0.717, 1.165) is 44.9 Å². The van der Waals surface area contributed by atoms with Gasteiger partial charge in [-0.2, -0.15) is 0 Å². The van der Waals surface area contributed by atoms with Crippen molar-refractivity contribution in [3.8, 4) is 0 Å². The van der Waals surface area contributed by atoms with Crippen LogP contribution in [0.25, 0.3) is 0 Å². The van der Waals surface area contributed by atoms with Crippen LogP contribution in [0.4, 0.5) is 0 Å². The van der Waals surface area contributed by atoms with E-state index >= 15 is 0 Å². The fourth-order valence-corrected chi connectivity index (χ4v) is 4.72. The fourth-order valence-electron chi connectivity index (χ4n) is 4.72. The molecule has 0 bridgehead atoms. The number of rotatable bonds is 35. The maximum Gasteiger partial charge on any atom is 0.306 e. The van der Waals surface area contributed by atoms with Crippen molar-refractivity contribution in [2.24, 2.45) is 0 Å². The van der Waals surface area contributed by atoms with Gasteiger partial charge in [0.05, 0.1) is 0 Å². The highest BCUT2D eigenvalue weighted by Crippen LogP contribution is 2.07. The number of hydrogen-bond donors (Lipinski definition) is 0. The minimum Gasteiger partial charge on any atom is -0.462 e. The third kappa shape index (κ3) is 43.6. The first-order valence-electron chi connectivity index (χ1n) is 21.9. The van der Waals surface area contributed by atoms with E-state index in [1.807, 2.05) is 122 Å². The Bertz CT molecular complexity index is 1550. The third-order valence-corrected chi connectivity index (χ3v) is 7.91. The van der Waals surface area contributed by atoms with Crippen LogP contribution in [0.15, 0.2) is 182 Å². The first-order chi connectivity index (χ1) is 29.5. The first-order valence-corrected chi connectivity index (χ1v) is 21.9. The lowest BCUT2D eigenvalue weighted by Crippen LogP contribution is -2.30. The second-order valence-electron chi connectivity index (χ2n) is 13.3. The number of hydrogen-bond acceptors (Lipinski definition) is 6. The SMILES string of the molecule is CC\C=C/C=C\C=C/C=C\C=C/CCCC(=O)OCC(COC(=O)CC/C=C\C/C=C\C/C=C\C/C=C\C/C=C\CC)OC(=O)CCC\C=C/C=C\C=C/C=C\C=C/CC. The number of unbranched alkanes of at least 4 members (excludes halogenated alkanes) is 2. The van der Waals surface area contributed by atoms with Gasteiger partial charge >= 0.3 is 17.9 Å². The molecule has 0 rings (SSSR count). The quantitative estimate of drug-likeness (QED) is 0.0208. The molecule has 0 N–H and O–H groups in total. The topological polar surface area (TPSA) is 78.9 Å². The van der Waals surface area contributed by atoms with Gasteiger partial charge in [0.1, 0.15) is 13.2 Å². The molecule has 0 radical (unpaired) electrons. The van der Waals surface area contributed by atoms with Crippen molar-refractivity contribution in [2.75, 3.05) is 13.2 Å². The molecular weight excluding hydrogens is 745 g/mol. The molecule has 0 aromatic heterocycles. The Balaban J connectivity index is 4.78. The highest BCUT2D eigenvalue weighted by Gasteiger charge is 2.19. The molecule has 0 heterocycles. The van der Waals surface area contributed by atoms with Crippen LogP contribution in [0.3, 0.4) is 0 Å². The van der Waals surface area contributed by atoms with Crippen molar-refractivity contribution in [3.05, 3.63) is 182 Å². The van der Waals surface area contributed by atoms with Crippen LogP contribution >= 0.6 is 0 Å². The van der Waals surface area contributed by atoms with Crippen LogP contribution in [-0.4, -0.2) is 37.2 Å². The Hall–Kier alpha value is -5.49. The van der Waals surface area contributed by atoms with Gasteiger partial charge in [0.15, 0.2) is 6.10 Å². The van der Waals surface area contributed by atoms with Crippen LogP contribution in [0.2, 0.25) is 0 Å². The Morgan fingerprint density at radius 1 is 0.350 bits per heavy atom. The van der Waals surface area contributed by atoms with Crippen LogP contribution in [0, 0.1) is 0 Å². The Morgan fingerprint density at radius 3 is 1.10 bits per heavy atom. The van der Waals surface area contributed by atoms with E-state index in [4.69, 9.17) is 14.2 Å². The summed E-state index contributed by atoms with van der Waals surface area (Å²) in [5, 5.41) is 0. The van der Waals surface area contributed by atoms with Gasteiger partial charge in [-0.3, -0.25) is 14.4 Å². The average molecular weight is 819 g/mol. The van der Waals surface area contributed by atoms with Gasteiger partial charge in [-0.05, 0) is 77.0 Å². The summed E-state index contributed by atoms with van der Waals surface area (Å²) in [6.07, 6.45) is 70.4. The van der Waals surface area contributed by atoms with Crippen molar-refractivity contribution in [1.82, 2.24) is 0 Å². The first kappa shape index (κ1) is 54.5. The molecule has 0 aliphatic heterocycles. The zero-order chi connectivity index (χ0) is 43.7. The summed E-state index contributed by atoms with van der Waals surface area (Å²) in [5.74, 6) is -1.23. The van der Waals surface area contributed by atoms with Crippen LogP contribution < -0.4 is 0 Å². The summed E-state index contributed by atoms with van der Waals surface area (Å²) in [6, 6.07) is 0. The molecule has 326 valence electrons. The van der Waals surface area contributed by atoms with E-state index in [0.29, 0.717) is 32.1 Å². The van der Waals surface area contributed by atoms with Crippen molar-refractivity contribution >= 4 is 17.9 Å². The maximum absolute atomic E-state index is 12.7. The fraction of sp³-hybridized carbons (Fsp3) is 0.389. The summed E-state index contributed by atoms with van der Waals surface area (Å²) < 4.78 is 16.5. The predicted octanol–water partition coefficient (Wildman–Crippen LogP) is 14.2. The van der Waals surface area contributed by atoms with E-state index < -0.39 is 24.0 Å². The molecule has 1 unspecified atom stereocenters. The lowest BCUT2D eigenvalue weighted by Gasteiger charge is -2.18. The van der Waals surface area contributed by atoms with Gasteiger partial charge < -0.3 is 14.2 Å². The number of esters is 3. The number of ether oxygens (including phenoxy) is 3.